The van der Waals surface area contributed by atoms with Gasteiger partial charge in [-0.25, -0.2) is 0 Å². The lowest BCUT2D eigenvalue weighted by Gasteiger charge is -2.18. The molecule has 0 heterocycles. The van der Waals surface area contributed by atoms with Crippen molar-refractivity contribution in [1.29, 1.82) is 5.26 Å². The van der Waals surface area contributed by atoms with Crippen molar-refractivity contribution in [2.75, 3.05) is 0 Å². The highest BCUT2D eigenvalue weighted by Crippen LogP contribution is 2.36. The molecule has 114 valence electrons. The molecule has 22 heavy (non-hydrogen) atoms. The quantitative estimate of drug-likeness (QED) is 0.776. The van der Waals surface area contributed by atoms with E-state index in [0.29, 0.717) is 0 Å². The topological polar surface area (TPSA) is 33.0 Å². The third-order valence-corrected chi connectivity index (χ3v) is 2.83. The van der Waals surface area contributed by atoms with Crippen molar-refractivity contribution in [2.24, 2.45) is 0 Å². The Morgan fingerprint density at radius 1 is 0.773 bits per heavy atom. The Kier molecular flexibility index (Phi) is 4.04. The van der Waals surface area contributed by atoms with E-state index in [9.17, 15) is 22.0 Å². The van der Waals surface area contributed by atoms with Gasteiger partial charge in [0, 0.05) is 11.1 Å². The predicted molar refractivity (Wildman–Crippen MR) is 67.3 cm³/mol. The summed E-state index contributed by atoms with van der Waals surface area (Å²) in [6.45, 7) is 0. The molecule has 2 aromatic carbocycles. The molecule has 0 fully saturated rings. The first-order valence-electron chi connectivity index (χ1n) is 5.97. The van der Waals surface area contributed by atoms with Crippen LogP contribution >= 0.6 is 0 Å². The van der Waals surface area contributed by atoms with Crippen LogP contribution in [0, 0.1) is 11.3 Å². The van der Waals surface area contributed by atoms with Crippen LogP contribution in [0.4, 0.5) is 22.0 Å². The minimum atomic E-state index is -4.88. The van der Waals surface area contributed by atoms with Crippen LogP contribution in [0.5, 0.6) is 5.75 Å². The lowest BCUT2D eigenvalue weighted by atomic mass is 9.99. The summed E-state index contributed by atoms with van der Waals surface area (Å²) in [6, 6.07) is 9.84. The lowest BCUT2D eigenvalue weighted by molar-refractivity contribution is -0.274. The van der Waals surface area contributed by atoms with Gasteiger partial charge in [-0.3, -0.25) is 0 Å². The van der Waals surface area contributed by atoms with Crippen LogP contribution < -0.4 is 4.74 Å². The Morgan fingerprint density at radius 2 is 1.23 bits per heavy atom. The summed E-state index contributed by atoms with van der Waals surface area (Å²) in [7, 11) is 0. The highest BCUT2D eigenvalue weighted by Gasteiger charge is 2.35. The Morgan fingerprint density at radius 3 is 1.64 bits per heavy atom. The summed E-state index contributed by atoms with van der Waals surface area (Å²) < 4.78 is 68.2. The van der Waals surface area contributed by atoms with Crippen LogP contribution in [0.15, 0.2) is 48.5 Å². The molecule has 0 radical (unpaired) electrons. The van der Waals surface area contributed by atoms with E-state index < -0.39 is 23.6 Å². The second kappa shape index (κ2) is 5.64. The van der Waals surface area contributed by atoms with Crippen molar-refractivity contribution in [3.63, 3.8) is 0 Å². The number of ether oxygens (including phenoxy) is 1. The molecule has 0 amide bonds. The number of benzene rings is 2. The van der Waals surface area contributed by atoms with Crippen molar-refractivity contribution < 1.29 is 26.7 Å². The van der Waals surface area contributed by atoms with E-state index in [2.05, 4.69) is 4.74 Å². The summed E-state index contributed by atoms with van der Waals surface area (Å²) in [5.74, 6) is -3.98. The van der Waals surface area contributed by atoms with Gasteiger partial charge in [-0.1, -0.05) is 12.1 Å². The van der Waals surface area contributed by atoms with E-state index in [1.54, 1.807) is 6.07 Å². The second-order valence-corrected chi connectivity index (χ2v) is 4.34. The zero-order valence-corrected chi connectivity index (χ0v) is 10.9. The second-order valence-electron chi connectivity index (χ2n) is 4.34. The fourth-order valence-corrected chi connectivity index (χ4v) is 1.79. The van der Waals surface area contributed by atoms with Crippen LogP contribution in [0.1, 0.15) is 16.7 Å². The molecule has 0 aliphatic carbocycles. The van der Waals surface area contributed by atoms with E-state index in [1.807, 2.05) is 0 Å². The number of hydrogen-bond acceptors (Lipinski definition) is 2. The Hall–Kier alpha value is -2.62. The van der Waals surface area contributed by atoms with Crippen molar-refractivity contribution in [2.45, 2.75) is 12.3 Å². The normalized spacial score (nSPS) is 11.8. The monoisotopic (exact) mass is 313 g/mol. The minimum Gasteiger partial charge on any atom is -0.406 e. The van der Waals surface area contributed by atoms with E-state index in [4.69, 9.17) is 5.26 Å². The van der Waals surface area contributed by atoms with Gasteiger partial charge in [-0.2, -0.15) is 14.0 Å². The number of hydrogen-bond donors (Lipinski definition) is 0. The SMILES string of the molecule is N#Cc1ccc(C(F)(F)c2ccc(OC(F)(F)F)cc2)cc1. The average molecular weight is 313 g/mol. The molecule has 0 aliphatic heterocycles. The minimum absolute atomic E-state index is 0.230. The number of alkyl halides is 5. The van der Waals surface area contributed by atoms with Crippen molar-refractivity contribution in [3.8, 4) is 11.8 Å². The smallest absolute Gasteiger partial charge is 0.406 e. The van der Waals surface area contributed by atoms with E-state index in [-0.39, 0.29) is 11.1 Å². The first-order chi connectivity index (χ1) is 10.2. The van der Waals surface area contributed by atoms with Gasteiger partial charge in [-0.05, 0) is 36.4 Å². The molecule has 0 atom stereocenters. The predicted octanol–water partition coefficient (Wildman–Crippen LogP) is 4.60. The Labute approximate surface area is 122 Å². The number of rotatable bonds is 3. The number of halogens is 5. The van der Waals surface area contributed by atoms with Gasteiger partial charge in [-0.15, -0.1) is 13.2 Å². The van der Waals surface area contributed by atoms with Crippen LogP contribution in [0.25, 0.3) is 0 Å². The number of nitrogens with zero attached hydrogens (tertiary/aromatic N) is 1. The molecule has 2 rings (SSSR count). The van der Waals surface area contributed by atoms with Crippen molar-refractivity contribution in [1.82, 2.24) is 0 Å². The largest absolute Gasteiger partial charge is 0.573 e. The molecule has 0 aliphatic rings. The molecule has 0 unspecified atom stereocenters. The average Bonchev–Trinajstić information content (AvgIpc) is 2.46. The number of nitriles is 1. The summed E-state index contributed by atoms with van der Waals surface area (Å²) >= 11 is 0. The van der Waals surface area contributed by atoms with Gasteiger partial charge in [0.2, 0.25) is 0 Å². The Bertz CT molecular complexity index is 684. The maximum Gasteiger partial charge on any atom is 0.573 e. The third-order valence-electron chi connectivity index (χ3n) is 2.83. The molecule has 2 nitrogen and oxygen atoms in total. The molecule has 0 saturated carbocycles. The van der Waals surface area contributed by atoms with Crippen molar-refractivity contribution >= 4 is 0 Å². The van der Waals surface area contributed by atoms with Gasteiger partial charge in [0.15, 0.2) is 0 Å². The summed E-state index contributed by atoms with van der Waals surface area (Å²) in [5, 5.41) is 8.63. The van der Waals surface area contributed by atoms with Crippen molar-refractivity contribution in [3.05, 3.63) is 65.2 Å². The zero-order chi connectivity index (χ0) is 16.4. The Balaban J connectivity index is 2.27. The van der Waals surface area contributed by atoms with Crippen LogP contribution in [-0.4, -0.2) is 6.36 Å². The summed E-state index contributed by atoms with van der Waals surface area (Å²) in [6.07, 6.45) is -4.88. The van der Waals surface area contributed by atoms with E-state index in [1.165, 1.54) is 12.1 Å². The molecule has 2 aromatic rings. The highest BCUT2D eigenvalue weighted by molar-refractivity contribution is 5.39. The van der Waals surface area contributed by atoms with Crippen LogP contribution in [0.2, 0.25) is 0 Å². The van der Waals surface area contributed by atoms with Crippen LogP contribution in [0.3, 0.4) is 0 Å². The molecule has 0 saturated heterocycles. The van der Waals surface area contributed by atoms with Gasteiger partial charge in [0.05, 0.1) is 11.6 Å². The zero-order valence-electron chi connectivity index (χ0n) is 10.9. The fourth-order valence-electron chi connectivity index (χ4n) is 1.79. The van der Waals surface area contributed by atoms with E-state index in [0.717, 1.165) is 36.4 Å². The molecular formula is C15H8F5NO. The third kappa shape index (κ3) is 3.52. The van der Waals surface area contributed by atoms with Gasteiger partial charge >= 0.3 is 6.36 Å². The standard InChI is InChI=1S/C15H8F5NO/c16-14(17,11-3-1-10(9-21)2-4-11)12-5-7-13(8-6-12)22-15(18,19)20/h1-8H. The molecule has 0 bridgehead atoms. The van der Waals surface area contributed by atoms with Gasteiger partial charge < -0.3 is 4.74 Å². The van der Waals surface area contributed by atoms with E-state index >= 15 is 0 Å². The molecule has 0 N–H and O–H groups in total. The lowest BCUT2D eigenvalue weighted by Crippen LogP contribution is -2.18. The summed E-state index contributed by atoms with van der Waals surface area (Å²) in [4.78, 5) is 0. The van der Waals surface area contributed by atoms with Gasteiger partial charge in [0.25, 0.3) is 5.92 Å². The molecule has 7 heteroatoms. The fraction of sp³-hybridized carbons (Fsp3) is 0.133. The first-order valence-corrected chi connectivity index (χ1v) is 5.97. The maximum atomic E-state index is 14.2. The highest BCUT2D eigenvalue weighted by atomic mass is 19.4. The maximum absolute atomic E-state index is 14.2. The first kappa shape index (κ1) is 15.8. The molecular weight excluding hydrogens is 305 g/mol. The molecule has 0 aromatic heterocycles. The van der Waals surface area contributed by atoms with Gasteiger partial charge in [0.1, 0.15) is 5.75 Å². The molecule has 0 spiro atoms. The summed E-state index contributed by atoms with van der Waals surface area (Å²) in [5.41, 5.74) is -0.615. The van der Waals surface area contributed by atoms with Crippen LogP contribution in [-0.2, 0) is 5.92 Å².